The molecular formula is C12H24N2O2. The van der Waals surface area contributed by atoms with Crippen LogP contribution in [0.2, 0.25) is 0 Å². The normalized spacial score (nSPS) is 25.8. The van der Waals surface area contributed by atoms with Gasteiger partial charge in [0.25, 0.3) is 0 Å². The third kappa shape index (κ3) is 4.49. The molecule has 94 valence electrons. The monoisotopic (exact) mass is 228 g/mol. The number of carbonyl (C=O) groups is 1. The van der Waals surface area contributed by atoms with Crippen LogP contribution in [0.4, 0.5) is 0 Å². The van der Waals surface area contributed by atoms with E-state index in [2.05, 4.69) is 10.6 Å². The molecule has 1 aliphatic carbocycles. The van der Waals surface area contributed by atoms with Crippen LogP contribution in [0, 0.1) is 0 Å². The summed E-state index contributed by atoms with van der Waals surface area (Å²) in [5, 5.41) is 6.16. The molecule has 16 heavy (non-hydrogen) atoms. The summed E-state index contributed by atoms with van der Waals surface area (Å²) in [5.41, 5.74) is 0. The molecule has 0 aromatic carbocycles. The summed E-state index contributed by atoms with van der Waals surface area (Å²) < 4.78 is 5.42. The predicted molar refractivity (Wildman–Crippen MR) is 64.3 cm³/mol. The minimum Gasteiger partial charge on any atom is -0.380 e. The van der Waals surface area contributed by atoms with Crippen LogP contribution in [0.5, 0.6) is 0 Å². The quantitative estimate of drug-likeness (QED) is 0.739. The van der Waals surface area contributed by atoms with Gasteiger partial charge in [0.1, 0.15) is 0 Å². The molecule has 1 rings (SSSR count). The first kappa shape index (κ1) is 13.5. The smallest absolute Gasteiger partial charge is 0.234 e. The molecule has 0 aliphatic heterocycles. The molecule has 1 aliphatic rings. The third-order valence-electron chi connectivity index (χ3n) is 2.98. The van der Waals surface area contributed by atoms with E-state index < -0.39 is 0 Å². The van der Waals surface area contributed by atoms with E-state index in [-0.39, 0.29) is 18.1 Å². The van der Waals surface area contributed by atoms with Gasteiger partial charge in [-0.05, 0) is 26.7 Å². The van der Waals surface area contributed by atoms with Crippen LogP contribution < -0.4 is 10.6 Å². The second-order valence-corrected chi connectivity index (χ2v) is 4.77. The molecule has 0 radical (unpaired) electrons. The molecule has 2 N–H and O–H groups in total. The van der Waals surface area contributed by atoms with Gasteiger partial charge in [0.05, 0.1) is 12.6 Å². The Bertz CT molecular complexity index is 219. The molecule has 0 bridgehead atoms. The van der Waals surface area contributed by atoms with Gasteiger partial charge < -0.3 is 15.4 Å². The minimum atomic E-state index is 0.0652. The highest BCUT2D eigenvalue weighted by Crippen LogP contribution is 2.20. The van der Waals surface area contributed by atoms with Gasteiger partial charge in [0.15, 0.2) is 0 Å². The van der Waals surface area contributed by atoms with E-state index in [1.54, 1.807) is 7.11 Å². The van der Waals surface area contributed by atoms with Crippen molar-refractivity contribution in [3.63, 3.8) is 0 Å². The number of hydrogen-bond acceptors (Lipinski definition) is 3. The van der Waals surface area contributed by atoms with E-state index >= 15 is 0 Å². The van der Waals surface area contributed by atoms with Gasteiger partial charge in [-0.15, -0.1) is 0 Å². The first-order chi connectivity index (χ1) is 7.63. The zero-order chi connectivity index (χ0) is 12.0. The lowest BCUT2D eigenvalue weighted by Gasteiger charge is -2.31. The lowest BCUT2D eigenvalue weighted by Crippen LogP contribution is -2.47. The van der Waals surface area contributed by atoms with Gasteiger partial charge >= 0.3 is 0 Å². The van der Waals surface area contributed by atoms with Gasteiger partial charge in [0.2, 0.25) is 5.91 Å². The number of amides is 1. The van der Waals surface area contributed by atoms with E-state index in [0.717, 1.165) is 12.8 Å². The number of ether oxygens (including phenoxy) is 1. The van der Waals surface area contributed by atoms with Crippen LogP contribution in [0.15, 0.2) is 0 Å². The first-order valence-corrected chi connectivity index (χ1v) is 6.19. The molecule has 0 aromatic heterocycles. The maximum absolute atomic E-state index is 11.5. The Morgan fingerprint density at radius 1 is 1.38 bits per heavy atom. The first-order valence-electron chi connectivity index (χ1n) is 6.19. The van der Waals surface area contributed by atoms with Crippen LogP contribution in [0.3, 0.4) is 0 Å². The van der Waals surface area contributed by atoms with E-state index in [1.807, 2.05) is 13.8 Å². The Labute approximate surface area is 98.1 Å². The average Bonchev–Trinajstić information content (AvgIpc) is 2.26. The van der Waals surface area contributed by atoms with Gasteiger partial charge in [-0.3, -0.25) is 4.79 Å². The third-order valence-corrected chi connectivity index (χ3v) is 2.98. The van der Waals surface area contributed by atoms with Crippen molar-refractivity contribution in [3.05, 3.63) is 0 Å². The summed E-state index contributed by atoms with van der Waals surface area (Å²) in [6.07, 6.45) is 4.92. The number of nitrogens with one attached hydrogen (secondary N) is 2. The molecule has 2 atom stereocenters. The second-order valence-electron chi connectivity index (χ2n) is 4.77. The molecule has 4 nitrogen and oxygen atoms in total. The standard InChI is InChI=1S/C12H24N2O2/c1-9(2)14-12(15)8-13-10-6-4-5-7-11(10)16-3/h9-11,13H,4-8H2,1-3H3,(H,14,15)/t10-,11+/m1/s1. The molecule has 1 fully saturated rings. The number of rotatable bonds is 5. The maximum Gasteiger partial charge on any atom is 0.234 e. The van der Waals surface area contributed by atoms with Crippen molar-refractivity contribution < 1.29 is 9.53 Å². The molecule has 0 saturated heterocycles. The largest absolute Gasteiger partial charge is 0.380 e. The maximum atomic E-state index is 11.5. The van der Waals surface area contributed by atoms with Crippen LogP contribution in [-0.4, -0.2) is 37.7 Å². The predicted octanol–water partition coefficient (Wildman–Crippen LogP) is 1.06. The number of hydrogen-bond donors (Lipinski definition) is 2. The van der Waals surface area contributed by atoms with Crippen molar-refractivity contribution in [1.29, 1.82) is 0 Å². The van der Waals surface area contributed by atoms with Crippen molar-refractivity contribution in [2.24, 2.45) is 0 Å². The average molecular weight is 228 g/mol. The zero-order valence-electron chi connectivity index (χ0n) is 10.6. The summed E-state index contributed by atoms with van der Waals surface area (Å²) in [6.45, 7) is 4.33. The Hall–Kier alpha value is -0.610. The van der Waals surface area contributed by atoms with Gasteiger partial charge in [0, 0.05) is 19.2 Å². The molecule has 1 amide bonds. The van der Waals surface area contributed by atoms with Crippen LogP contribution in [-0.2, 0) is 9.53 Å². The summed E-state index contributed by atoms with van der Waals surface area (Å²) >= 11 is 0. The topological polar surface area (TPSA) is 50.4 Å². The second kappa shape index (κ2) is 6.86. The Kier molecular flexibility index (Phi) is 5.77. The molecule has 0 spiro atoms. The Morgan fingerprint density at radius 3 is 2.69 bits per heavy atom. The van der Waals surface area contributed by atoms with Crippen LogP contribution in [0.25, 0.3) is 0 Å². The molecule has 0 heterocycles. The summed E-state index contributed by atoms with van der Waals surface area (Å²) in [6, 6.07) is 0.538. The minimum absolute atomic E-state index is 0.0652. The van der Waals surface area contributed by atoms with Gasteiger partial charge in [-0.25, -0.2) is 0 Å². The fraction of sp³-hybridized carbons (Fsp3) is 0.917. The Morgan fingerprint density at radius 2 is 2.06 bits per heavy atom. The lowest BCUT2D eigenvalue weighted by atomic mass is 9.92. The highest BCUT2D eigenvalue weighted by molar-refractivity contribution is 5.78. The van der Waals surface area contributed by atoms with Gasteiger partial charge in [-0.1, -0.05) is 12.8 Å². The summed E-state index contributed by atoms with van der Waals surface area (Å²) in [4.78, 5) is 11.5. The van der Waals surface area contributed by atoms with Gasteiger partial charge in [-0.2, -0.15) is 0 Å². The summed E-state index contributed by atoms with van der Waals surface area (Å²) in [7, 11) is 1.75. The molecule has 4 heteroatoms. The van der Waals surface area contributed by atoms with E-state index in [4.69, 9.17) is 4.74 Å². The van der Waals surface area contributed by atoms with Crippen molar-refractivity contribution in [1.82, 2.24) is 10.6 Å². The molecule has 0 aromatic rings. The van der Waals surface area contributed by atoms with E-state index in [1.165, 1.54) is 12.8 Å². The van der Waals surface area contributed by atoms with E-state index in [0.29, 0.717) is 12.6 Å². The van der Waals surface area contributed by atoms with Crippen molar-refractivity contribution >= 4 is 5.91 Å². The molecule has 0 unspecified atom stereocenters. The molecular weight excluding hydrogens is 204 g/mol. The van der Waals surface area contributed by atoms with Crippen LogP contribution >= 0.6 is 0 Å². The highest BCUT2D eigenvalue weighted by Gasteiger charge is 2.24. The number of methoxy groups -OCH3 is 1. The van der Waals surface area contributed by atoms with Crippen molar-refractivity contribution in [2.45, 2.75) is 57.7 Å². The Balaban J connectivity index is 2.27. The SMILES string of the molecule is CO[C@H]1CCCC[C@H]1NCC(=O)NC(C)C. The fourth-order valence-electron chi connectivity index (χ4n) is 2.21. The number of carbonyl (C=O) groups excluding carboxylic acids is 1. The molecule has 1 saturated carbocycles. The summed E-state index contributed by atoms with van der Waals surface area (Å²) in [5.74, 6) is 0.0652. The lowest BCUT2D eigenvalue weighted by molar-refractivity contribution is -0.121. The van der Waals surface area contributed by atoms with Crippen molar-refractivity contribution in [2.75, 3.05) is 13.7 Å². The van der Waals surface area contributed by atoms with Crippen molar-refractivity contribution in [3.8, 4) is 0 Å². The van der Waals surface area contributed by atoms with E-state index in [9.17, 15) is 4.79 Å². The highest BCUT2D eigenvalue weighted by atomic mass is 16.5. The van der Waals surface area contributed by atoms with Crippen LogP contribution in [0.1, 0.15) is 39.5 Å². The fourth-order valence-corrected chi connectivity index (χ4v) is 2.21. The zero-order valence-corrected chi connectivity index (χ0v) is 10.6.